The van der Waals surface area contributed by atoms with E-state index in [0.29, 0.717) is 11.2 Å². The zero-order chi connectivity index (χ0) is 36.3. The van der Waals surface area contributed by atoms with Gasteiger partial charge in [-0.25, -0.2) is 8.42 Å². The van der Waals surface area contributed by atoms with Crippen LogP contribution in [0.5, 0.6) is 17.2 Å². The minimum atomic E-state index is -4.33. The van der Waals surface area contributed by atoms with Crippen LogP contribution in [0.4, 0.5) is 8.78 Å². The predicted molar refractivity (Wildman–Crippen MR) is 177 cm³/mol. The lowest BCUT2D eigenvalue weighted by atomic mass is 10.0. The second-order valence-electron chi connectivity index (χ2n) is 12.1. The first-order valence-corrected chi connectivity index (χ1v) is 17.8. The number of alkyl halides is 2. The Balaban J connectivity index is 1.48. The normalized spacial score (nSPS) is 17.0. The molecule has 1 amide bonds. The lowest BCUT2D eigenvalue weighted by molar-refractivity contribution is -0.605. The Bertz CT molecular complexity index is 1840. The summed E-state index contributed by atoms with van der Waals surface area (Å²) in [7, 11) is 0.0553. The van der Waals surface area contributed by atoms with Gasteiger partial charge in [0, 0.05) is 32.6 Å². The number of halogens is 4. The smallest absolute Gasteiger partial charge is 0.387 e. The average molecular weight is 759 g/mol. The van der Waals surface area contributed by atoms with E-state index in [2.05, 4.69) is 4.74 Å². The maximum absolute atomic E-state index is 14.0. The van der Waals surface area contributed by atoms with Crippen molar-refractivity contribution in [1.82, 2.24) is 9.21 Å². The molecular weight excluding hydrogens is 723 g/mol. The number of aromatic nitrogens is 1. The summed E-state index contributed by atoms with van der Waals surface area (Å²) in [5.41, 5.74) is 0.553. The third kappa shape index (κ3) is 8.50. The SMILES string of the molecule is COc1ccc(S(=O)(=O)N2CCCC2C(=O)OC(Cc2c(Cl)c[n+]([O-])cc2Cl)c2ccc(OC(F)F)c(OCC3CC3)c2)cc1C(=O)N(C)C. The van der Waals surface area contributed by atoms with Crippen LogP contribution in [-0.2, 0) is 26.0 Å². The van der Waals surface area contributed by atoms with Crippen LogP contribution in [0.25, 0.3) is 0 Å². The lowest BCUT2D eigenvalue weighted by Crippen LogP contribution is -2.42. The van der Waals surface area contributed by atoms with Gasteiger partial charge < -0.3 is 29.1 Å². The number of sulfonamides is 1. The zero-order valence-corrected chi connectivity index (χ0v) is 29.6. The average Bonchev–Trinajstić information content (AvgIpc) is 3.75. The molecule has 2 fully saturated rings. The molecule has 1 aromatic heterocycles. The molecule has 2 aliphatic rings. The van der Waals surface area contributed by atoms with Crippen LogP contribution in [-0.4, -0.2) is 76.5 Å². The zero-order valence-electron chi connectivity index (χ0n) is 27.3. The van der Waals surface area contributed by atoms with E-state index in [1.807, 2.05) is 0 Å². The maximum atomic E-state index is 14.0. The monoisotopic (exact) mass is 757 g/mol. The van der Waals surface area contributed by atoms with Gasteiger partial charge in [0.05, 0.1) is 24.2 Å². The van der Waals surface area contributed by atoms with Crippen LogP contribution in [0, 0.1) is 11.1 Å². The van der Waals surface area contributed by atoms with Gasteiger partial charge in [-0.15, -0.1) is 0 Å². The molecule has 5 rings (SSSR count). The standard InChI is InChI=1S/C33H35Cl2F2N3O9S/c1-38(2)31(41)23-14-21(9-11-27(23)46-3)50(44,45)40-12-4-5-26(40)32(42)48-29(15-22-24(34)16-39(43)17-25(22)35)20-8-10-28(49-33(36)37)30(13-20)47-18-19-6-7-19/h8-11,13-14,16-17,19,26,29,33H,4-7,12,15,18H2,1-3H3. The molecule has 0 spiro atoms. The van der Waals surface area contributed by atoms with Crippen molar-refractivity contribution in [3.05, 3.63) is 80.7 Å². The summed E-state index contributed by atoms with van der Waals surface area (Å²) in [6, 6.07) is 6.67. The molecule has 1 aliphatic carbocycles. The van der Waals surface area contributed by atoms with Crippen LogP contribution in [0.15, 0.2) is 53.7 Å². The van der Waals surface area contributed by atoms with Crippen LogP contribution in [0.1, 0.15) is 53.3 Å². The molecule has 12 nitrogen and oxygen atoms in total. The predicted octanol–water partition coefficient (Wildman–Crippen LogP) is 5.41. The molecule has 270 valence electrons. The molecule has 0 radical (unpaired) electrons. The fourth-order valence-corrected chi connectivity index (χ4v) is 7.81. The van der Waals surface area contributed by atoms with Gasteiger partial charge in [-0.05, 0) is 67.5 Å². The highest BCUT2D eigenvalue weighted by Gasteiger charge is 2.42. The number of amides is 1. The minimum absolute atomic E-state index is 0.00554. The number of ether oxygens (including phenoxy) is 4. The van der Waals surface area contributed by atoms with Crippen molar-refractivity contribution >= 4 is 45.1 Å². The Hall–Kier alpha value is -3.92. The van der Waals surface area contributed by atoms with Crippen molar-refractivity contribution in [3.63, 3.8) is 0 Å². The van der Waals surface area contributed by atoms with Gasteiger partial charge >= 0.3 is 12.6 Å². The first-order valence-electron chi connectivity index (χ1n) is 15.6. The number of carbonyl (C=O) groups is 2. The topological polar surface area (TPSA) is 139 Å². The van der Waals surface area contributed by atoms with E-state index in [-0.39, 0.29) is 80.8 Å². The van der Waals surface area contributed by atoms with Gasteiger partial charge in [0.2, 0.25) is 10.0 Å². The summed E-state index contributed by atoms with van der Waals surface area (Å²) in [5, 5.41) is 11.9. The van der Waals surface area contributed by atoms with Crippen LogP contribution in [0.2, 0.25) is 10.0 Å². The highest BCUT2D eigenvalue weighted by molar-refractivity contribution is 7.89. The number of carbonyl (C=O) groups excluding carboxylic acids is 2. The van der Waals surface area contributed by atoms with Crippen LogP contribution in [0.3, 0.4) is 0 Å². The number of esters is 1. The van der Waals surface area contributed by atoms with E-state index in [4.69, 9.17) is 37.4 Å². The third-order valence-corrected chi connectivity index (χ3v) is 10.9. The van der Waals surface area contributed by atoms with Crippen molar-refractivity contribution < 1.29 is 50.5 Å². The van der Waals surface area contributed by atoms with Gasteiger partial charge in [-0.3, -0.25) is 9.59 Å². The number of hydrogen-bond acceptors (Lipinski definition) is 9. The lowest BCUT2D eigenvalue weighted by Gasteiger charge is -2.26. The first-order chi connectivity index (χ1) is 23.7. The minimum Gasteiger partial charge on any atom is -0.619 e. The summed E-state index contributed by atoms with van der Waals surface area (Å²) < 4.78 is 77.6. The molecule has 2 aromatic carbocycles. The van der Waals surface area contributed by atoms with Crippen molar-refractivity contribution in [2.75, 3.05) is 34.4 Å². The second kappa shape index (κ2) is 15.5. The Morgan fingerprint density at radius 1 is 1.04 bits per heavy atom. The van der Waals surface area contributed by atoms with Gasteiger partial charge in [0.1, 0.15) is 27.9 Å². The summed E-state index contributed by atoms with van der Waals surface area (Å²) in [4.78, 5) is 27.8. The van der Waals surface area contributed by atoms with Crippen molar-refractivity contribution in [2.24, 2.45) is 5.92 Å². The Kier molecular flexibility index (Phi) is 11.6. The maximum Gasteiger partial charge on any atom is 0.387 e. The van der Waals surface area contributed by atoms with Gasteiger partial charge in [-0.1, -0.05) is 29.3 Å². The molecule has 2 atom stereocenters. The fraction of sp³-hybridized carbons (Fsp3) is 0.424. The molecule has 2 unspecified atom stereocenters. The first kappa shape index (κ1) is 37.3. The Labute approximate surface area is 298 Å². The molecule has 2 heterocycles. The van der Waals surface area contributed by atoms with E-state index in [0.717, 1.165) is 29.5 Å². The number of pyridine rings is 1. The third-order valence-electron chi connectivity index (χ3n) is 8.32. The number of rotatable bonds is 14. The molecule has 17 heteroatoms. The van der Waals surface area contributed by atoms with E-state index in [9.17, 15) is 32.0 Å². The van der Waals surface area contributed by atoms with E-state index in [1.54, 1.807) is 0 Å². The van der Waals surface area contributed by atoms with Gasteiger partial charge in [-0.2, -0.15) is 17.8 Å². The number of hydrogen-bond donors (Lipinski definition) is 0. The molecular formula is C33H35Cl2F2N3O9S. The van der Waals surface area contributed by atoms with Crippen LogP contribution < -0.4 is 18.9 Å². The van der Waals surface area contributed by atoms with Crippen molar-refractivity contribution in [2.45, 2.75) is 55.8 Å². The number of methoxy groups -OCH3 is 1. The Morgan fingerprint density at radius 3 is 2.34 bits per heavy atom. The summed E-state index contributed by atoms with van der Waals surface area (Å²) in [6.45, 7) is -2.87. The molecule has 50 heavy (non-hydrogen) atoms. The molecule has 3 aromatic rings. The molecule has 1 saturated carbocycles. The summed E-state index contributed by atoms with van der Waals surface area (Å²) in [6.07, 6.45) is 3.10. The largest absolute Gasteiger partial charge is 0.619 e. The van der Waals surface area contributed by atoms with E-state index < -0.39 is 40.7 Å². The van der Waals surface area contributed by atoms with E-state index >= 15 is 0 Å². The van der Waals surface area contributed by atoms with Crippen molar-refractivity contribution in [3.8, 4) is 17.2 Å². The van der Waals surface area contributed by atoms with E-state index in [1.165, 1.54) is 62.5 Å². The van der Waals surface area contributed by atoms with Gasteiger partial charge in [0.25, 0.3) is 5.91 Å². The summed E-state index contributed by atoms with van der Waals surface area (Å²) in [5.74, 6) is -1.17. The number of nitrogens with zero attached hydrogens (tertiary/aromatic N) is 3. The number of benzene rings is 2. The quantitative estimate of drug-likeness (QED) is 0.120. The molecule has 0 bridgehead atoms. The molecule has 1 saturated heterocycles. The highest BCUT2D eigenvalue weighted by atomic mass is 35.5. The Morgan fingerprint density at radius 2 is 1.72 bits per heavy atom. The molecule has 0 N–H and O–H groups in total. The summed E-state index contributed by atoms with van der Waals surface area (Å²) >= 11 is 12.7. The van der Waals surface area contributed by atoms with Gasteiger partial charge in [0.15, 0.2) is 23.9 Å². The molecule has 1 aliphatic heterocycles. The fourth-order valence-electron chi connectivity index (χ4n) is 5.53. The van der Waals surface area contributed by atoms with Crippen LogP contribution >= 0.6 is 23.2 Å². The highest BCUT2D eigenvalue weighted by Crippen LogP contribution is 2.39. The van der Waals surface area contributed by atoms with Crippen molar-refractivity contribution in [1.29, 1.82) is 0 Å². The second-order valence-corrected chi connectivity index (χ2v) is 14.8.